The van der Waals surface area contributed by atoms with Crippen molar-refractivity contribution in [1.82, 2.24) is 15.0 Å². The molecule has 0 aliphatic rings. The van der Waals surface area contributed by atoms with Gasteiger partial charge in [0.05, 0.1) is 0 Å². The van der Waals surface area contributed by atoms with Gasteiger partial charge in [0.2, 0.25) is 0 Å². The quantitative estimate of drug-likeness (QED) is 0.368. The molecule has 0 N–H and O–H groups in total. The van der Waals surface area contributed by atoms with Gasteiger partial charge in [0.1, 0.15) is 12.7 Å². The van der Waals surface area contributed by atoms with Gasteiger partial charge in [-0.1, -0.05) is 54.1 Å². The zero-order valence-electron chi connectivity index (χ0n) is 13.6. The Morgan fingerprint density at radius 2 is 1.50 bits per heavy atom. The number of hydrogen-bond acceptors (Lipinski definition) is 4. The highest BCUT2D eigenvalue weighted by Gasteiger charge is 2.14. The van der Waals surface area contributed by atoms with Crippen LogP contribution in [0.3, 0.4) is 0 Å². The van der Waals surface area contributed by atoms with Crippen molar-refractivity contribution in [3.8, 4) is 22.5 Å². The maximum Gasteiger partial charge on any atom is 0.163 e. The molecule has 0 amide bonds. The van der Waals surface area contributed by atoms with E-state index in [0.29, 0.717) is 5.82 Å². The van der Waals surface area contributed by atoms with Gasteiger partial charge < -0.3 is 0 Å². The molecule has 0 aliphatic carbocycles. The smallest absolute Gasteiger partial charge is 0.163 e. The highest BCUT2D eigenvalue weighted by molar-refractivity contribution is 7.26. The average Bonchev–Trinajstić information content (AvgIpc) is 3.07. The molecule has 124 valence electrons. The lowest BCUT2D eigenvalue weighted by molar-refractivity contribution is 1.06. The fourth-order valence-corrected chi connectivity index (χ4v) is 4.66. The summed E-state index contributed by atoms with van der Waals surface area (Å²) in [6.07, 6.45) is 3.06. The van der Waals surface area contributed by atoms with Crippen molar-refractivity contribution in [1.29, 1.82) is 0 Å². The Balaban J connectivity index is 1.83. The summed E-state index contributed by atoms with van der Waals surface area (Å²) in [5, 5.41) is 3.17. The van der Waals surface area contributed by atoms with E-state index in [2.05, 4.69) is 45.3 Å². The first kappa shape index (κ1) is 15.4. The summed E-state index contributed by atoms with van der Waals surface area (Å²) in [6, 6.07) is 20.7. The molecule has 0 spiro atoms. The molecule has 5 heteroatoms. The van der Waals surface area contributed by atoms with E-state index in [0.717, 1.165) is 16.1 Å². The van der Waals surface area contributed by atoms with E-state index < -0.39 is 0 Å². The first-order chi connectivity index (χ1) is 12.8. The van der Waals surface area contributed by atoms with E-state index in [9.17, 15) is 0 Å². The minimum absolute atomic E-state index is 0.678. The second kappa shape index (κ2) is 6.16. The number of halogens is 1. The highest BCUT2D eigenvalue weighted by Crippen LogP contribution is 2.42. The highest BCUT2D eigenvalue weighted by atomic mass is 35.5. The van der Waals surface area contributed by atoms with Crippen LogP contribution in [0.5, 0.6) is 0 Å². The summed E-state index contributed by atoms with van der Waals surface area (Å²) < 4.78 is 2.47. The second-order valence-electron chi connectivity index (χ2n) is 5.93. The van der Waals surface area contributed by atoms with E-state index >= 15 is 0 Å². The maximum absolute atomic E-state index is 6.22. The molecule has 26 heavy (non-hydrogen) atoms. The van der Waals surface area contributed by atoms with Gasteiger partial charge in [-0.15, -0.1) is 11.3 Å². The number of benzene rings is 3. The lowest BCUT2D eigenvalue weighted by Crippen LogP contribution is -1.92. The molecule has 3 aromatic carbocycles. The molecule has 5 aromatic rings. The van der Waals surface area contributed by atoms with Crippen LogP contribution < -0.4 is 0 Å². The first-order valence-corrected chi connectivity index (χ1v) is 9.33. The second-order valence-corrected chi connectivity index (χ2v) is 7.42. The summed E-state index contributed by atoms with van der Waals surface area (Å²) >= 11 is 8.00. The van der Waals surface area contributed by atoms with Crippen LogP contribution in [-0.4, -0.2) is 15.0 Å². The fraction of sp³-hybridized carbons (Fsp3) is 0. The summed E-state index contributed by atoms with van der Waals surface area (Å²) in [5.41, 5.74) is 3.29. The molecule has 5 rings (SSSR count). The number of fused-ring (bicyclic) bond motifs is 3. The minimum atomic E-state index is 0.678. The predicted molar refractivity (Wildman–Crippen MR) is 109 cm³/mol. The van der Waals surface area contributed by atoms with Crippen LogP contribution in [0.25, 0.3) is 42.7 Å². The van der Waals surface area contributed by atoms with Crippen molar-refractivity contribution in [3.05, 3.63) is 78.3 Å². The zero-order chi connectivity index (χ0) is 17.5. The lowest BCUT2D eigenvalue weighted by Gasteiger charge is -2.09. The van der Waals surface area contributed by atoms with Gasteiger partial charge in [-0.05, 0) is 23.8 Å². The third-order valence-corrected chi connectivity index (χ3v) is 5.87. The molecule has 0 aliphatic heterocycles. The molecule has 0 atom stereocenters. The number of nitrogens with zero attached hydrogens (tertiary/aromatic N) is 3. The Morgan fingerprint density at radius 1 is 0.731 bits per heavy atom. The molecule has 0 saturated carbocycles. The van der Waals surface area contributed by atoms with E-state index in [4.69, 9.17) is 11.6 Å². The monoisotopic (exact) mass is 373 g/mol. The predicted octanol–water partition coefficient (Wildman–Crippen LogP) is 6.23. The van der Waals surface area contributed by atoms with Crippen molar-refractivity contribution in [2.45, 2.75) is 0 Å². The van der Waals surface area contributed by atoms with Crippen LogP contribution in [0.15, 0.2) is 73.3 Å². The summed E-state index contributed by atoms with van der Waals surface area (Å²) in [6.45, 7) is 0. The summed E-state index contributed by atoms with van der Waals surface area (Å²) in [5.74, 6) is 0.678. The van der Waals surface area contributed by atoms with Crippen molar-refractivity contribution in [2.24, 2.45) is 0 Å². The van der Waals surface area contributed by atoms with Gasteiger partial charge in [-0.3, -0.25) is 0 Å². The van der Waals surface area contributed by atoms with Crippen LogP contribution >= 0.6 is 22.9 Å². The van der Waals surface area contributed by atoms with Crippen molar-refractivity contribution in [2.75, 3.05) is 0 Å². The molecule has 0 unspecified atom stereocenters. The van der Waals surface area contributed by atoms with Gasteiger partial charge >= 0.3 is 0 Å². The Hall–Kier alpha value is -2.82. The molecule has 2 heterocycles. The van der Waals surface area contributed by atoms with E-state index in [1.807, 2.05) is 30.3 Å². The molecule has 2 aromatic heterocycles. The summed E-state index contributed by atoms with van der Waals surface area (Å²) in [7, 11) is 0. The van der Waals surface area contributed by atoms with Crippen LogP contribution in [-0.2, 0) is 0 Å². The number of hydrogen-bond donors (Lipinski definition) is 0. The van der Waals surface area contributed by atoms with Gasteiger partial charge in [0, 0.05) is 36.3 Å². The Morgan fingerprint density at radius 3 is 2.35 bits per heavy atom. The standard InChI is InChI=1S/C21H12ClN3S/c22-13-8-9-19-18(10-13)16-7-3-6-15(20(16)26-19)14-4-1-2-5-17(14)21-24-11-23-12-25-21/h1-12H. The first-order valence-electron chi connectivity index (χ1n) is 8.14. The van der Waals surface area contributed by atoms with Crippen molar-refractivity contribution >= 4 is 43.1 Å². The van der Waals surface area contributed by atoms with E-state index in [1.165, 1.54) is 38.4 Å². The number of rotatable bonds is 2. The fourth-order valence-electron chi connectivity index (χ4n) is 3.27. The van der Waals surface area contributed by atoms with E-state index in [1.54, 1.807) is 11.3 Å². The largest absolute Gasteiger partial charge is 0.225 e. The van der Waals surface area contributed by atoms with Crippen LogP contribution in [0.4, 0.5) is 0 Å². The van der Waals surface area contributed by atoms with Crippen LogP contribution in [0, 0.1) is 0 Å². The molecule has 3 nitrogen and oxygen atoms in total. The van der Waals surface area contributed by atoms with Gasteiger partial charge in [0.15, 0.2) is 5.82 Å². The molecule has 0 bridgehead atoms. The Bertz CT molecular complexity index is 1250. The molecule has 0 fully saturated rings. The maximum atomic E-state index is 6.22. The Labute approximate surface area is 159 Å². The molecular weight excluding hydrogens is 362 g/mol. The third-order valence-electron chi connectivity index (χ3n) is 4.41. The zero-order valence-corrected chi connectivity index (χ0v) is 15.1. The van der Waals surface area contributed by atoms with Crippen LogP contribution in [0.1, 0.15) is 0 Å². The van der Waals surface area contributed by atoms with Gasteiger partial charge in [0.25, 0.3) is 0 Å². The molecule has 0 radical (unpaired) electrons. The number of thiophene rings is 1. The topological polar surface area (TPSA) is 38.7 Å². The minimum Gasteiger partial charge on any atom is -0.225 e. The van der Waals surface area contributed by atoms with Crippen molar-refractivity contribution in [3.63, 3.8) is 0 Å². The van der Waals surface area contributed by atoms with Gasteiger partial charge in [-0.2, -0.15) is 0 Å². The van der Waals surface area contributed by atoms with E-state index in [-0.39, 0.29) is 0 Å². The Kier molecular flexibility index (Phi) is 3.66. The summed E-state index contributed by atoms with van der Waals surface area (Å²) in [4.78, 5) is 12.6. The lowest BCUT2D eigenvalue weighted by atomic mass is 9.97. The molecule has 0 saturated heterocycles. The molecular formula is C21H12ClN3S. The van der Waals surface area contributed by atoms with Crippen molar-refractivity contribution < 1.29 is 0 Å². The normalized spacial score (nSPS) is 11.3. The van der Waals surface area contributed by atoms with Gasteiger partial charge in [-0.25, -0.2) is 15.0 Å². The third kappa shape index (κ3) is 2.46. The average molecular weight is 374 g/mol. The van der Waals surface area contributed by atoms with Crippen LogP contribution in [0.2, 0.25) is 5.02 Å². The SMILES string of the molecule is Clc1ccc2sc3c(-c4ccccc4-c4ncncn4)cccc3c2c1. The number of aromatic nitrogens is 3.